The summed E-state index contributed by atoms with van der Waals surface area (Å²) in [6.07, 6.45) is 9.80. The zero-order valence-electron chi connectivity index (χ0n) is 13.8. The summed E-state index contributed by atoms with van der Waals surface area (Å²) in [5.41, 5.74) is 0. The van der Waals surface area contributed by atoms with E-state index in [-0.39, 0.29) is 0 Å². The Morgan fingerprint density at radius 2 is 1.33 bits per heavy atom. The van der Waals surface area contributed by atoms with E-state index in [1.54, 1.807) is 13.8 Å². The smallest absolute Gasteiger partial charge is 0.351 e. The van der Waals surface area contributed by atoms with Gasteiger partial charge in [0.25, 0.3) is 0 Å². The first-order valence-electron chi connectivity index (χ1n) is 8.25. The van der Waals surface area contributed by atoms with Crippen LogP contribution in [-0.2, 0) is 18.3 Å². The van der Waals surface area contributed by atoms with E-state index >= 15 is 0 Å². The van der Waals surface area contributed by atoms with Gasteiger partial charge in [0, 0.05) is 6.61 Å². The Bertz CT molecular complexity index is 266. The Morgan fingerprint density at radius 3 is 1.81 bits per heavy atom. The van der Waals surface area contributed by atoms with E-state index in [9.17, 15) is 4.57 Å². The minimum absolute atomic E-state index is 0.293. The molecular weight excluding hydrogens is 311 g/mol. The minimum Gasteiger partial charge on any atom is -0.351 e. The first kappa shape index (κ1) is 21.4. The van der Waals surface area contributed by atoms with Crippen LogP contribution in [0.15, 0.2) is 0 Å². The molecule has 0 aromatic carbocycles. The predicted molar refractivity (Wildman–Crippen MR) is 89.1 cm³/mol. The van der Waals surface area contributed by atoms with Gasteiger partial charge in [-0.15, -0.1) is 0 Å². The van der Waals surface area contributed by atoms with Crippen LogP contribution in [0.2, 0.25) is 0 Å². The van der Waals surface area contributed by atoms with Gasteiger partial charge in [-0.05, 0) is 20.3 Å². The molecule has 0 spiro atoms. The van der Waals surface area contributed by atoms with Gasteiger partial charge >= 0.3 is 7.60 Å². The summed E-state index contributed by atoms with van der Waals surface area (Å²) < 4.78 is 28.0. The van der Waals surface area contributed by atoms with Crippen molar-refractivity contribution in [2.45, 2.75) is 77.4 Å². The molecule has 0 radical (unpaired) electrons. The molecule has 0 bridgehead atoms. The van der Waals surface area contributed by atoms with Gasteiger partial charge in [-0.1, -0.05) is 63.5 Å². The molecule has 4 nitrogen and oxygen atoms in total. The molecule has 128 valence electrons. The van der Waals surface area contributed by atoms with Crippen molar-refractivity contribution >= 4 is 19.2 Å². The minimum atomic E-state index is -3.34. The molecule has 0 saturated heterocycles. The molecule has 0 aliphatic carbocycles. The molecule has 0 fully saturated rings. The maximum atomic E-state index is 12.3. The summed E-state index contributed by atoms with van der Waals surface area (Å²) in [5.74, 6) is 0. The van der Waals surface area contributed by atoms with Gasteiger partial charge in [-0.2, -0.15) is 0 Å². The molecule has 21 heavy (non-hydrogen) atoms. The fourth-order valence-corrected chi connectivity index (χ4v) is 3.77. The summed E-state index contributed by atoms with van der Waals surface area (Å²) >= 11 is 6.01. The summed E-state index contributed by atoms with van der Waals surface area (Å²) in [5, 5.41) is -1.01. The van der Waals surface area contributed by atoms with Crippen LogP contribution in [0.25, 0.3) is 0 Å². The monoisotopic (exact) mass is 342 g/mol. The lowest BCUT2D eigenvalue weighted by atomic mass is 10.1. The standard InChI is InChI=1S/C15H32ClO4P/c1-4-7-8-9-10-11-12-13-14-18-15(16)21(17,19-5-2)20-6-3/h15H,4-14H2,1-3H3. The van der Waals surface area contributed by atoms with Crippen LogP contribution < -0.4 is 0 Å². The Kier molecular flexibility index (Phi) is 14.3. The molecule has 0 amide bonds. The number of ether oxygens (including phenoxy) is 1. The number of alkyl halides is 1. The average molecular weight is 343 g/mol. The van der Waals surface area contributed by atoms with Crippen LogP contribution in [0.5, 0.6) is 0 Å². The topological polar surface area (TPSA) is 44.8 Å². The summed E-state index contributed by atoms with van der Waals surface area (Å²) in [7, 11) is -3.34. The van der Waals surface area contributed by atoms with Gasteiger partial charge in [0.05, 0.1) is 13.2 Å². The molecule has 6 heteroatoms. The largest absolute Gasteiger partial charge is 0.374 e. The van der Waals surface area contributed by atoms with Crippen LogP contribution >= 0.6 is 19.2 Å². The van der Waals surface area contributed by atoms with Crippen molar-refractivity contribution < 1.29 is 18.3 Å². The first-order valence-corrected chi connectivity index (χ1v) is 10.3. The average Bonchev–Trinajstić information content (AvgIpc) is 2.45. The first-order chi connectivity index (χ1) is 10.1. The molecule has 0 aromatic rings. The molecule has 1 atom stereocenters. The van der Waals surface area contributed by atoms with Gasteiger partial charge in [0.15, 0.2) is 0 Å². The van der Waals surface area contributed by atoms with E-state index in [2.05, 4.69) is 6.92 Å². The number of halogens is 1. The van der Waals surface area contributed by atoms with Gasteiger partial charge in [-0.3, -0.25) is 4.57 Å². The fraction of sp³-hybridized carbons (Fsp3) is 1.00. The highest BCUT2D eigenvalue weighted by atomic mass is 35.5. The van der Waals surface area contributed by atoms with Crippen LogP contribution in [-0.4, -0.2) is 25.1 Å². The summed E-state index contributed by atoms with van der Waals surface area (Å²) in [6, 6.07) is 0. The van der Waals surface area contributed by atoms with E-state index in [1.165, 1.54) is 38.5 Å². The van der Waals surface area contributed by atoms with Crippen molar-refractivity contribution in [3.8, 4) is 0 Å². The van der Waals surface area contributed by atoms with Gasteiger partial charge in [-0.25, -0.2) is 0 Å². The van der Waals surface area contributed by atoms with E-state index in [0.29, 0.717) is 19.8 Å². The predicted octanol–water partition coefficient (Wildman–Crippen LogP) is 5.93. The second-order valence-electron chi connectivity index (χ2n) is 5.01. The second kappa shape index (κ2) is 14.0. The van der Waals surface area contributed by atoms with Crippen molar-refractivity contribution in [3.63, 3.8) is 0 Å². The van der Waals surface area contributed by atoms with Crippen LogP contribution in [0.1, 0.15) is 72.1 Å². The number of unbranched alkanes of at least 4 members (excludes halogenated alkanes) is 7. The van der Waals surface area contributed by atoms with Crippen molar-refractivity contribution in [3.05, 3.63) is 0 Å². The number of rotatable bonds is 15. The molecule has 0 rings (SSSR count). The van der Waals surface area contributed by atoms with Gasteiger partial charge in [0.2, 0.25) is 5.30 Å². The Balaban J connectivity index is 3.68. The quantitative estimate of drug-likeness (QED) is 0.210. The second-order valence-corrected chi connectivity index (χ2v) is 7.78. The van der Waals surface area contributed by atoms with E-state index in [0.717, 1.165) is 12.8 Å². The third-order valence-corrected chi connectivity index (χ3v) is 5.85. The Morgan fingerprint density at radius 1 is 0.857 bits per heavy atom. The zero-order chi connectivity index (χ0) is 16.0. The highest BCUT2D eigenvalue weighted by Crippen LogP contribution is 2.55. The molecule has 0 N–H and O–H groups in total. The lowest BCUT2D eigenvalue weighted by Gasteiger charge is -2.21. The fourth-order valence-electron chi connectivity index (χ4n) is 2.02. The Labute approximate surface area is 135 Å². The SMILES string of the molecule is CCCCCCCCCCOC(Cl)P(=O)(OCC)OCC. The van der Waals surface area contributed by atoms with Crippen molar-refractivity contribution in [1.29, 1.82) is 0 Å². The maximum Gasteiger partial charge on any atom is 0.374 e. The third kappa shape index (κ3) is 10.7. The van der Waals surface area contributed by atoms with Crippen molar-refractivity contribution in [2.75, 3.05) is 19.8 Å². The van der Waals surface area contributed by atoms with Gasteiger partial charge < -0.3 is 13.8 Å². The van der Waals surface area contributed by atoms with Gasteiger partial charge in [0.1, 0.15) is 0 Å². The van der Waals surface area contributed by atoms with E-state index in [4.69, 9.17) is 25.4 Å². The highest BCUT2D eigenvalue weighted by Gasteiger charge is 2.34. The number of hydrogen-bond acceptors (Lipinski definition) is 4. The van der Waals surface area contributed by atoms with Crippen molar-refractivity contribution in [2.24, 2.45) is 0 Å². The molecule has 0 aromatic heterocycles. The number of hydrogen-bond donors (Lipinski definition) is 0. The van der Waals surface area contributed by atoms with Crippen molar-refractivity contribution in [1.82, 2.24) is 0 Å². The van der Waals surface area contributed by atoms with E-state index in [1.807, 2.05) is 0 Å². The molecule has 0 aliphatic heterocycles. The molecule has 0 saturated carbocycles. The summed E-state index contributed by atoms with van der Waals surface area (Å²) in [6.45, 7) is 6.82. The normalized spacial score (nSPS) is 13.5. The van der Waals surface area contributed by atoms with E-state index < -0.39 is 12.9 Å². The molecule has 1 unspecified atom stereocenters. The Hall–Kier alpha value is 0.400. The van der Waals surface area contributed by atoms with Crippen LogP contribution in [0.4, 0.5) is 0 Å². The highest BCUT2D eigenvalue weighted by molar-refractivity contribution is 7.56. The lowest BCUT2D eigenvalue weighted by Crippen LogP contribution is -2.12. The van der Waals surface area contributed by atoms with Crippen LogP contribution in [0.3, 0.4) is 0 Å². The lowest BCUT2D eigenvalue weighted by molar-refractivity contribution is 0.108. The maximum absolute atomic E-state index is 12.3. The third-order valence-electron chi connectivity index (χ3n) is 3.12. The zero-order valence-corrected chi connectivity index (χ0v) is 15.5. The van der Waals surface area contributed by atoms with Crippen LogP contribution in [0, 0.1) is 0 Å². The molecule has 0 aliphatic rings. The molecular formula is C15H32ClO4P. The molecule has 0 heterocycles. The summed E-state index contributed by atoms with van der Waals surface area (Å²) in [4.78, 5) is 0.